The Morgan fingerprint density at radius 3 is 2.62 bits per heavy atom. The van der Waals surface area contributed by atoms with Gasteiger partial charge >= 0.3 is 0 Å². The van der Waals surface area contributed by atoms with Crippen LogP contribution in [0.4, 0.5) is 0 Å². The Kier molecular flexibility index (Phi) is 3.05. The van der Waals surface area contributed by atoms with Gasteiger partial charge in [-0.25, -0.2) is 0 Å². The standard InChI is InChI=1S/C15H22O/c1-4-15(14(16)8-5-11(2)3)10-12-6-7-13(15)9-12/h5-7,12-13H,4,8-10H2,1-3H3. The Morgan fingerprint density at radius 1 is 1.44 bits per heavy atom. The highest BCUT2D eigenvalue weighted by molar-refractivity contribution is 5.87. The molecule has 16 heavy (non-hydrogen) atoms. The molecule has 0 aromatic carbocycles. The molecule has 0 N–H and O–H groups in total. The molecule has 1 saturated carbocycles. The van der Waals surface area contributed by atoms with E-state index in [4.69, 9.17) is 0 Å². The summed E-state index contributed by atoms with van der Waals surface area (Å²) in [7, 11) is 0. The van der Waals surface area contributed by atoms with E-state index in [1.807, 2.05) is 0 Å². The van der Waals surface area contributed by atoms with Crippen molar-refractivity contribution < 1.29 is 4.79 Å². The minimum atomic E-state index is -0.0225. The molecule has 0 radical (unpaired) electrons. The molecule has 1 nitrogen and oxygen atoms in total. The number of fused-ring (bicyclic) bond motifs is 2. The van der Waals surface area contributed by atoms with E-state index in [-0.39, 0.29) is 5.41 Å². The van der Waals surface area contributed by atoms with Crippen molar-refractivity contribution in [3.63, 3.8) is 0 Å². The molecule has 0 saturated heterocycles. The number of Topliss-reactive ketones (excluding diaryl/α,β-unsaturated/α-hetero) is 1. The first kappa shape index (κ1) is 11.6. The third-order valence-corrected chi connectivity index (χ3v) is 4.39. The molecule has 0 heterocycles. The fraction of sp³-hybridized carbons (Fsp3) is 0.667. The van der Waals surface area contributed by atoms with Crippen molar-refractivity contribution in [1.82, 2.24) is 0 Å². The van der Waals surface area contributed by atoms with Crippen molar-refractivity contribution in [3.8, 4) is 0 Å². The second kappa shape index (κ2) is 4.20. The highest BCUT2D eigenvalue weighted by Gasteiger charge is 2.50. The molecule has 2 rings (SSSR count). The molecule has 2 bridgehead atoms. The minimum Gasteiger partial charge on any atom is -0.299 e. The predicted molar refractivity (Wildman–Crippen MR) is 67.1 cm³/mol. The van der Waals surface area contributed by atoms with Gasteiger partial charge in [0.2, 0.25) is 0 Å². The Labute approximate surface area is 98.6 Å². The number of allylic oxidation sites excluding steroid dienone is 4. The third kappa shape index (κ3) is 1.77. The van der Waals surface area contributed by atoms with Crippen molar-refractivity contribution >= 4 is 5.78 Å². The van der Waals surface area contributed by atoms with Crippen molar-refractivity contribution in [2.45, 2.75) is 46.5 Å². The van der Waals surface area contributed by atoms with E-state index in [0.717, 1.165) is 12.8 Å². The van der Waals surface area contributed by atoms with Gasteiger partial charge in [-0.1, -0.05) is 30.7 Å². The minimum absolute atomic E-state index is 0.0225. The second-order valence-corrected chi connectivity index (χ2v) is 5.61. The average Bonchev–Trinajstić information content (AvgIpc) is 2.85. The van der Waals surface area contributed by atoms with E-state index < -0.39 is 0 Å². The smallest absolute Gasteiger partial charge is 0.143 e. The summed E-state index contributed by atoms with van der Waals surface area (Å²) in [6, 6.07) is 0. The summed E-state index contributed by atoms with van der Waals surface area (Å²) in [6.45, 7) is 6.30. The van der Waals surface area contributed by atoms with Gasteiger partial charge in [0.15, 0.2) is 0 Å². The quantitative estimate of drug-likeness (QED) is 0.654. The maximum atomic E-state index is 12.4. The maximum Gasteiger partial charge on any atom is 0.143 e. The summed E-state index contributed by atoms with van der Waals surface area (Å²) in [4.78, 5) is 12.4. The first-order valence-corrected chi connectivity index (χ1v) is 6.43. The van der Waals surface area contributed by atoms with Crippen LogP contribution in [0.5, 0.6) is 0 Å². The summed E-state index contributed by atoms with van der Waals surface area (Å²) in [6.07, 6.45) is 10.6. The molecule has 2 aliphatic rings. The topological polar surface area (TPSA) is 17.1 Å². The van der Waals surface area contributed by atoms with Crippen LogP contribution in [0, 0.1) is 17.3 Å². The van der Waals surface area contributed by atoms with Crippen molar-refractivity contribution in [3.05, 3.63) is 23.8 Å². The Bertz CT molecular complexity index is 346. The lowest BCUT2D eigenvalue weighted by Crippen LogP contribution is -2.34. The molecular formula is C15H22O. The fourth-order valence-electron chi connectivity index (χ4n) is 3.38. The van der Waals surface area contributed by atoms with E-state index in [9.17, 15) is 4.79 Å². The molecule has 3 unspecified atom stereocenters. The lowest BCUT2D eigenvalue weighted by molar-refractivity contribution is -0.129. The molecular weight excluding hydrogens is 196 g/mol. The molecule has 0 spiro atoms. The lowest BCUT2D eigenvalue weighted by Gasteiger charge is -2.32. The van der Waals surface area contributed by atoms with Crippen LogP contribution in [-0.2, 0) is 4.79 Å². The van der Waals surface area contributed by atoms with E-state index in [1.54, 1.807) is 0 Å². The van der Waals surface area contributed by atoms with Crippen LogP contribution in [0.1, 0.15) is 46.5 Å². The van der Waals surface area contributed by atoms with Gasteiger partial charge < -0.3 is 0 Å². The van der Waals surface area contributed by atoms with Crippen LogP contribution >= 0.6 is 0 Å². The van der Waals surface area contributed by atoms with Crippen LogP contribution in [0.3, 0.4) is 0 Å². The molecule has 2 aliphatic carbocycles. The molecule has 0 amide bonds. The van der Waals surface area contributed by atoms with Gasteiger partial charge in [-0.2, -0.15) is 0 Å². The highest BCUT2D eigenvalue weighted by Crippen LogP contribution is 2.54. The number of carbonyl (C=O) groups is 1. The van der Waals surface area contributed by atoms with Crippen molar-refractivity contribution in [1.29, 1.82) is 0 Å². The lowest BCUT2D eigenvalue weighted by atomic mass is 9.69. The van der Waals surface area contributed by atoms with Crippen molar-refractivity contribution in [2.75, 3.05) is 0 Å². The average molecular weight is 218 g/mol. The molecule has 88 valence electrons. The molecule has 0 aromatic heterocycles. The van der Waals surface area contributed by atoms with Crippen LogP contribution in [0.15, 0.2) is 23.8 Å². The van der Waals surface area contributed by atoms with E-state index in [2.05, 4.69) is 39.0 Å². The molecule has 1 fully saturated rings. The van der Waals surface area contributed by atoms with Crippen molar-refractivity contribution in [2.24, 2.45) is 17.3 Å². The fourth-order valence-corrected chi connectivity index (χ4v) is 3.38. The van der Waals surface area contributed by atoms with Gasteiger partial charge in [0, 0.05) is 11.8 Å². The van der Waals surface area contributed by atoms with Crippen LogP contribution in [0.25, 0.3) is 0 Å². The first-order valence-electron chi connectivity index (χ1n) is 6.43. The van der Waals surface area contributed by atoms with E-state index in [1.165, 1.54) is 12.0 Å². The van der Waals surface area contributed by atoms with Crippen LogP contribution in [-0.4, -0.2) is 5.78 Å². The van der Waals surface area contributed by atoms with Gasteiger partial charge in [0.1, 0.15) is 5.78 Å². The van der Waals surface area contributed by atoms with Gasteiger partial charge in [-0.05, 0) is 44.9 Å². The normalized spacial score (nSPS) is 35.4. The molecule has 0 aliphatic heterocycles. The zero-order chi connectivity index (χ0) is 11.8. The predicted octanol–water partition coefficient (Wildman–Crippen LogP) is 3.90. The first-order chi connectivity index (χ1) is 7.58. The monoisotopic (exact) mass is 218 g/mol. The SMILES string of the molecule is CCC1(C(=O)CC=C(C)C)CC2C=CC1C2. The molecule has 3 atom stereocenters. The van der Waals surface area contributed by atoms with Gasteiger partial charge in [0.25, 0.3) is 0 Å². The largest absolute Gasteiger partial charge is 0.299 e. The Morgan fingerprint density at radius 2 is 2.19 bits per heavy atom. The summed E-state index contributed by atoms with van der Waals surface area (Å²) in [5.41, 5.74) is 1.23. The van der Waals surface area contributed by atoms with Gasteiger partial charge in [-0.15, -0.1) is 0 Å². The van der Waals surface area contributed by atoms with Crippen LogP contribution in [0.2, 0.25) is 0 Å². The Hall–Kier alpha value is -0.850. The van der Waals surface area contributed by atoms with Gasteiger partial charge in [-0.3, -0.25) is 4.79 Å². The maximum absolute atomic E-state index is 12.4. The number of carbonyl (C=O) groups excluding carboxylic acids is 1. The van der Waals surface area contributed by atoms with E-state index in [0.29, 0.717) is 24.0 Å². The second-order valence-electron chi connectivity index (χ2n) is 5.61. The highest BCUT2D eigenvalue weighted by atomic mass is 16.1. The number of ketones is 1. The summed E-state index contributed by atoms with van der Waals surface area (Å²) >= 11 is 0. The molecule has 0 aromatic rings. The molecule has 1 heteroatoms. The number of hydrogen-bond donors (Lipinski definition) is 0. The summed E-state index contributed by atoms with van der Waals surface area (Å²) < 4.78 is 0. The summed E-state index contributed by atoms with van der Waals surface area (Å²) in [5, 5.41) is 0. The number of hydrogen-bond acceptors (Lipinski definition) is 1. The van der Waals surface area contributed by atoms with Crippen LogP contribution < -0.4 is 0 Å². The zero-order valence-electron chi connectivity index (χ0n) is 10.6. The number of rotatable bonds is 4. The zero-order valence-corrected chi connectivity index (χ0v) is 10.6. The van der Waals surface area contributed by atoms with E-state index >= 15 is 0 Å². The Balaban J connectivity index is 2.14. The van der Waals surface area contributed by atoms with Gasteiger partial charge in [0.05, 0.1) is 0 Å². The third-order valence-electron chi connectivity index (χ3n) is 4.39. The summed E-state index contributed by atoms with van der Waals surface area (Å²) in [5.74, 6) is 1.68.